The summed E-state index contributed by atoms with van der Waals surface area (Å²) in [5, 5.41) is 0. The van der Waals surface area contributed by atoms with Crippen molar-refractivity contribution in [2.24, 2.45) is 0 Å². The van der Waals surface area contributed by atoms with E-state index in [1.54, 1.807) is 0 Å². The maximum Gasteiger partial charge on any atom is 0.335 e. The summed E-state index contributed by atoms with van der Waals surface area (Å²) in [6.07, 6.45) is 1.21. The molecule has 0 saturated carbocycles. The van der Waals surface area contributed by atoms with Crippen molar-refractivity contribution in [3.05, 3.63) is 41.5 Å². The van der Waals surface area contributed by atoms with E-state index >= 15 is 0 Å². The zero-order chi connectivity index (χ0) is 18.2. The lowest BCUT2D eigenvalue weighted by Gasteiger charge is -2.37. The highest BCUT2D eigenvalue weighted by Crippen LogP contribution is 2.45. The van der Waals surface area contributed by atoms with Gasteiger partial charge in [0.1, 0.15) is 5.75 Å². The molecule has 0 unspecified atom stereocenters. The van der Waals surface area contributed by atoms with Gasteiger partial charge in [-0.25, -0.2) is 4.79 Å². The van der Waals surface area contributed by atoms with Gasteiger partial charge < -0.3 is 4.74 Å². The second kappa shape index (κ2) is 6.14. The van der Waals surface area contributed by atoms with Crippen molar-refractivity contribution < 1.29 is 9.53 Å². The minimum atomic E-state index is -0.418. The Balaban J connectivity index is 3.86. The van der Waals surface area contributed by atoms with Gasteiger partial charge in [-0.3, -0.25) is 0 Å². The first-order valence-corrected chi connectivity index (χ1v) is 8.22. The first-order chi connectivity index (χ1) is 10.2. The van der Waals surface area contributed by atoms with Crippen LogP contribution in [0.4, 0.5) is 0 Å². The molecular weight excluding hydrogens is 284 g/mol. The van der Waals surface area contributed by atoms with Gasteiger partial charge in [0.15, 0.2) is 0 Å². The van der Waals surface area contributed by atoms with Crippen molar-refractivity contribution in [3.63, 3.8) is 0 Å². The monoisotopic (exact) mass is 316 g/mol. The van der Waals surface area contributed by atoms with Crippen LogP contribution in [0.5, 0.6) is 5.75 Å². The number of rotatable bonds is 2. The van der Waals surface area contributed by atoms with Crippen LogP contribution in [0.25, 0.3) is 0 Å². The molecule has 128 valence electrons. The first-order valence-electron chi connectivity index (χ1n) is 8.22. The lowest BCUT2D eigenvalue weighted by atomic mass is 9.68. The van der Waals surface area contributed by atoms with Crippen LogP contribution in [-0.2, 0) is 21.0 Å². The standard InChI is InChI=1S/C21H32O2/c1-11-16(22)23-15-13-12-14(19(2,3)4)17(20(5,6)7)18(15)21(8,9)10/h11-13H,1H2,2-10H3. The molecule has 0 N–H and O–H groups in total. The molecule has 0 atom stereocenters. The maximum absolute atomic E-state index is 11.8. The number of carbonyl (C=O) groups excluding carboxylic acids is 1. The van der Waals surface area contributed by atoms with Gasteiger partial charge in [0.25, 0.3) is 0 Å². The molecule has 0 saturated heterocycles. The molecule has 0 spiro atoms. The van der Waals surface area contributed by atoms with Gasteiger partial charge in [-0.15, -0.1) is 0 Å². The van der Waals surface area contributed by atoms with Gasteiger partial charge in [0.2, 0.25) is 0 Å². The molecule has 0 amide bonds. The fraction of sp³-hybridized carbons (Fsp3) is 0.571. The predicted octanol–water partition coefficient (Wildman–Crippen LogP) is 5.67. The Kier molecular flexibility index (Phi) is 5.20. The highest BCUT2D eigenvalue weighted by Gasteiger charge is 2.34. The fourth-order valence-corrected chi connectivity index (χ4v) is 2.97. The number of ether oxygens (including phenoxy) is 1. The fourth-order valence-electron chi connectivity index (χ4n) is 2.97. The molecular formula is C21H32O2. The van der Waals surface area contributed by atoms with E-state index < -0.39 is 5.97 Å². The molecule has 2 heteroatoms. The first kappa shape index (κ1) is 19.5. The second-order valence-corrected chi connectivity index (χ2v) is 9.24. The lowest BCUT2D eigenvalue weighted by molar-refractivity contribution is -0.129. The highest BCUT2D eigenvalue weighted by atomic mass is 16.5. The Labute approximate surface area is 141 Å². The summed E-state index contributed by atoms with van der Waals surface area (Å²) < 4.78 is 5.57. The van der Waals surface area contributed by atoms with Crippen molar-refractivity contribution >= 4 is 5.97 Å². The Morgan fingerprint density at radius 1 is 0.870 bits per heavy atom. The smallest absolute Gasteiger partial charge is 0.335 e. The van der Waals surface area contributed by atoms with Crippen LogP contribution < -0.4 is 4.74 Å². The summed E-state index contributed by atoms with van der Waals surface area (Å²) >= 11 is 0. The van der Waals surface area contributed by atoms with E-state index in [-0.39, 0.29) is 16.2 Å². The SMILES string of the molecule is C=CC(=O)Oc1ccc(C(C)(C)C)c(C(C)(C)C)c1C(C)(C)C. The topological polar surface area (TPSA) is 26.3 Å². The van der Waals surface area contributed by atoms with Crippen LogP contribution in [0.15, 0.2) is 24.8 Å². The average molecular weight is 316 g/mol. The molecule has 0 heterocycles. The quantitative estimate of drug-likeness (QED) is 0.399. The van der Waals surface area contributed by atoms with Crippen LogP contribution in [0.1, 0.15) is 79.0 Å². The molecule has 0 fully saturated rings. The van der Waals surface area contributed by atoms with E-state index in [2.05, 4.69) is 75.0 Å². The molecule has 0 bridgehead atoms. The average Bonchev–Trinajstić information content (AvgIpc) is 2.34. The summed E-state index contributed by atoms with van der Waals surface area (Å²) in [6, 6.07) is 4.03. The van der Waals surface area contributed by atoms with Crippen molar-refractivity contribution in [1.82, 2.24) is 0 Å². The van der Waals surface area contributed by atoms with Crippen LogP contribution in [0.3, 0.4) is 0 Å². The highest BCUT2D eigenvalue weighted by molar-refractivity contribution is 5.83. The summed E-state index contributed by atoms with van der Waals surface area (Å²) in [5.74, 6) is 0.221. The predicted molar refractivity (Wildman–Crippen MR) is 98.4 cm³/mol. The van der Waals surface area contributed by atoms with Crippen LogP contribution in [0, 0.1) is 0 Å². The third-order valence-electron chi connectivity index (χ3n) is 3.85. The summed E-state index contributed by atoms with van der Waals surface area (Å²) in [6.45, 7) is 23.3. The molecule has 1 rings (SSSR count). The normalized spacial score (nSPS) is 12.9. The zero-order valence-electron chi connectivity index (χ0n) is 16.3. The van der Waals surface area contributed by atoms with Gasteiger partial charge in [0.05, 0.1) is 0 Å². The number of carbonyl (C=O) groups is 1. The van der Waals surface area contributed by atoms with E-state index in [0.717, 1.165) is 5.56 Å². The number of benzene rings is 1. The second-order valence-electron chi connectivity index (χ2n) is 9.24. The molecule has 0 aliphatic heterocycles. The number of hydrogen-bond donors (Lipinski definition) is 0. The maximum atomic E-state index is 11.8. The molecule has 0 aromatic heterocycles. The summed E-state index contributed by atoms with van der Waals surface area (Å²) in [7, 11) is 0. The molecule has 1 aromatic carbocycles. The zero-order valence-corrected chi connectivity index (χ0v) is 16.3. The molecule has 0 radical (unpaired) electrons. The van der Waals surface area contributed by atoms with Gasteiger partial charge in [0, 0.05) is 11.6 Å². The number of esters is 1. The third kappa shape index (κ3) is 4.46. The van der Waals surface area contributed by atoms with Gasteiger partial charge in [-0.05, 0) is 33.4 Å². The third-order valence-corrected chi connectivity index (χ3v) is 3.85. The summed E-state index contributed by atoms with van der Waals surface area (Å²) in [4.78, 5) is 11.8. The number of hydrogen-bond acceptors (Lipinski definition) is 2. The van der Waals surface area contributed by atoms with Crippen molar-refractivity contribution in [2.45, 2.75) is 78.6 Å². The van der Waals surface area contributed by atoms with Gasteiger partial charge in [-0.2, -0.15) is 0 Å². The molecule has 2 nitrogen and oxygen atoms in total. The van der Waals surface area contributed by atoms with Gasteiger partial charge in [-0.1, -0.05) is 75.0 Å². The van der Waals surface area contributed by atoms with Crippen LogP contribution in [0.2, 0.25) is 0 Å². The van der Waals surface area contributed by atoms with Gasteiger partial charge >= 0.3 is 5.97 Å². The van der Waals surface area contributed by atoms with Crippen molar-refractivity contribution in [2.75, 3.05) is 0 Å². The van der Waals surface area contributed by atoms with E-state index in [0.29, 0.717) is 5.75 Å². The van der Waals surface area contributed by atoms with Crippen molar-refractivity contribution in [1.29, 1.82) is 0 Å². The molecule has 1 aromatic rings. The van der Waals surface area contributed by atoms with Crippen molar-refractivity contribution in [3.8, 4) is 5.75 Å². The Morgan fingerprint density at radius 3 is 1.70 bits per heavy atom. The molecule has 0 aliphatic carbocycles. The van der Waals surface area contributed by atoms with Crippen LogP contribution in [-0.4, -0.2) is 5.97 Å². The largest absolute Gasteiger partial charge is 0.423 e. The Hall–Kier alpha value is -1.57. The Bertz CT molecular complexity index is 602. The minimum absolute atomic E-state index is 0.0174. The van der Waals surface area contributed by atoms with E-state index in [4.69, 9.17) is 4.74 Å². The molecule has 0 aliphatic rings. The van der Waals surface area contributed by atoms with E-state index in [9.17, 15) is 4.79 Å². The lowest BCUT2D eigenvalue weighted by Crippen LogP contribution is -2.29. The minimum Gasteiger partial charge on any atom is -0.423 e. The van der Waals surface area contributed by atoms with E-state index in [1.165, 1.54) is 17.2 Å². The summed E-state index contributed by atoms with van der Waals surface area (Å²) in [5.41, 5.74) is 3.50. The van der Waals surface area contributed by atoms with E-state index in [1.807, 2.05) is 6.07 Å². The van der Waals surface area contributed by atoms with Crippen LogP contribution >= 0.6 is 0 Å². The Morgan fingerprint density at radius 2 is 1.35 bits per heavy atom. The molecule has 23 heavy (non-hydrogen) atoms.